The summed E-state index contributed by atoms with van der Waals surface area (Å²) in [7, 11) is 0. The second-order valence-electron chi connectivity index (χ2n) is 5.09. The molecule has 0 heterocycles. The molecule has 1 aliphatic carbocycles. The fourth-order valence-corrected chi connectivity index (χ4v) is 2.44. The van der Waals surface area contributed by atoms with Gasteiger partial charge in [0.15, 0.2) is 0 Å². The molecule has 1 fully saturated rings. The molecule has 1 aromatic carbocycles. The second kappa shape index (κ2) is 5.01. The van der Waals surface area contributed by atoms with Gasteiger partial charge in [0, 0.05) is 6.54 Å². The van der Waals surface area contributed by atoms with Crippen LogP contribution >= 0.6 is 0 Å². The summed E-state index contributed by atoms with van der Waals surface area (Å²) in [6.07, 6.45) is 2.53. The predicted octanol–water partition coefficient (Wildman–Crippen LogP) is 1.76. The molecule has 4 N–H and O–H groups in total. The molecule has 102 valence electrons. The van der Waals surface area contributed by atoms with Gasteiger partial charge in [-0.15, -0.1) is 0 Å². The molecule has 1 aliphatic rings. The summed E-state index contributed by atoms with van der Waals surface area (Å²) in [5.41, 5.74) is 6.27. The lowest BCUT2D eigenvalue weighted by Gasteiger charge is -2.39. The van der Waals surface area contributed by atoms with Crippen molar-refractivity contribution in [2.24, 2.45) is 11.1 Å². The number of nitrogens with two attached hydrogens (primary N) is 1. The fourth-order valence-electron chi connectivity index (χ4n) is 2.44. The average Bonchev–Trinajstić information content (AvgIpc) is 2.27. The van der Waals surface area contributed by atoms with E-state index in [4.69, 9.17) is 5.73 Å². The fraction of sp³-hybridized carbons (Fsp3) is 0.429. The number of carbonyl (C=O) groups is 2. The van der Waals surface area contributed by atoms with Crippen molar-refractivity contribution in [3.8, 4) is 0 Å². The van der Waals surface area contributed by atoms with Crippen molar-refractivity contribution in [1.82, 2.24) is 0 Å². The molecule has 0 radical (unpaired) electrons. The number of carbonyl (C=O) groups excluding carboxylic acids is 1. The molecule has 0 spiro atoms. The van der Waals surface area contributed by atoms with Crippen LogP contribution in [0.4, 0.5) is 5.69 Å². The maximum Gasteiger partial charge on any atom is 0.338 e. The number of anilines is 1. The first kappa shape index (κ1) is 13.5. The molecule has 0 unspecified atom stereocenters. The molecule has 0 aromatic heterocycles. The lowest BCUT2D eigenvalue weighted by atomic mass is 9.68. The zero-order valence-corrected chi connectivity index (χ0v) is 10.9. The summed E-state index contributed by atoms with van der Waals surface area (Å²) >= 11 is 0. The molecule has 5 heteroatoms. The summed E-state index contributed by atoms with van der Waals surface area (Å²) < 4.78 is 0. The van der Waals surface area contributed by atoms with Crippen molar-refractivity contribution in [2.75, 3.05) is 11.9 Å². The van der Waals surface area contributed by atoms with Crippen LogP contribution in [0.1, 0.15) is 35.2 Å². The van der Waals surface area contributed by atoms with Crippen LogP contribution in [0.5, 0.6) is 0 Å². The standard InChI is InChI=1S/C14H18N2O3/c1-9-4-2-5-10(11(9)12(17)18)16-13(19)14(8-15)6-3-7-14/h2,4-5H,3,6-8,15H2,1H3,(H,16,19)(H,17,18). The Hall–Kier alpha value is -1.88. The van der Waals surface area contributed by atoms with Crippen molar-refractivity contribution in [1.29, 1.82) is 0 Å². The zero-order valence-electron chi connectivity index (χ0n) is 10.9. The highest BCUT2D eigenvalue weighted by molar-refractivity contribution is 6.03. The van der Waals surface area contributed by atoms with Crippen LogP contribution in [0.25, 0.3) is 0 Å². The van der Waals surface area contributed by atoms with Crippen molar-refractivity contribution in [3.05, 3.63) is 29.3 Å². The Kier molecular flexibility index (Phi) is 3.57. The Bertz CT molecular complexity index is 516. The summed E-state index contributed by atoms with van der Waals surface area (Å²) in [5.74, 6) is -1.21. The van der Waals surface area contributed by atoms with Gasteiger partial charge in [0.2, 0.25) is 5.91 Å². The second-order valence-corrected chi connectivity index (χ2v) is 5.09. The Morgan fingerprint density at radius 2 is 2.11 bits per heavy atom. The van der Waals surface area contributed by atoms with Crippen molar-refractivity contribution >= 4 is 17.6 Å². The molecule has 0 saturated heterocycles. The highest BCUT2D eigenvalue weighted by Gasteiger charge is 2.43. The first-order valence-corrected chi connectivity index (χ1v) is 6.34. The Labute approximate surface area is 111 Å². The molecule has 0 atom stereocenters. The van der Waals surface area contributed by atoms with Crippen LogP contribution in [0.3, 0.4) is 0 Å². The van der Waals surface area contributed by atoms with E-state index >= 15 is 0 Å². The van der Waals surface area contributed by atoms with Gasteiger partial charge in [-0.2, -0.15) is 0 Å². The summed E-state index contributed by atoms with van der Waals surface area (Å²) in [6.45, 7) is 2.01. The van der Waals surface area contributed by atoms with Gasteiger partial charge >= 0.3 is 5.97 Å². The first-order valence-electron chi connectivity index (χ1n) is 6.34. The van der Waals surface area contributed by atoms with Crippen LogP contribution < -0.4 is 11.1 Å². The quantitative estimate of drug-likeness (QED) is 0.771. The van der Waals surface area contributed by atoms with Gasteiger partial charge in [-0.3, -0.25) is 4.79 Å². The summed E-state index contributed by atoms with van der Waals surface area (Å²) in [4.78, 5) is 23.5. The maximum absolute atomic E-state index is 12.2. The number of nitrogens with one attached hydrogen (secondary N) is 1. The normalized spacial score (nSPS) is 16.5. The van der Waals surface area contributed by atoms with Gasteiger partial charge < -0.3 is 16.2 Å². The third-order valence-electron chi connectivity index (χ3n) is 3.92. The van der Waals surface area contributed by atoms with Gasteiger partial charge in [-0.1, -0.05) is 18.6 Å². The van der Waals surface area contributed by atoms with Crippen LogP contribution in [-0.2, 0) is 4.79 Å². The van der Waals surface area contributed by atoms with E-state index in [0.717, 1.165) is 19.3 Å². The molecule has 1 amide bonds. The van der Waals surface area contributed by atoms with Gasteiger partial charge in [-0.25, -0.2) is 4.79 Å². The summed E-state index contributed by atoms with van der Waals surface area (Å²) in [5, 5.41) is 11.9. The van der Waals surface area contributed by atoms with E-state index in [2.05, 4.69) is 5.32 Å². The SMILES string of the molecule is Cc1cccc(NC(=O)C2(CN)CCC2)c1C(=O)O. The lowest BCUT2D eigenvalue weighted by Crippen LogP contribution is -2.47. The monoisotopic (exact) mass is 262 g/mol. The molecule has 1 aromatic rings. The third-order valence-corrected chi connectivity index (χ3v) is 3.92. The highest BCUT2D eigenvalue weighted by atomic mass is 16.4. The van der Waals surface area contributed by atoms with Gasteiger partial charge in [0.25, 0.3) is 0 Å². The van der Waals surface area contributed by atoms with E-state index in [1.807, 2.05) is 0 Å². The number of rotatable bonds is 4. The smallest absolute Gasteiger partial charge is 0.338 e. The van der Waals surface area contributed by atoms with E-state index in [9.17, 15) is 14.7 Å². The van der Waals surface area contributed by atoms with Crippen molar-refractivity contribution < 1.29 is 14.7 Å². The molecule has 19 heavy (non-hydrogen) atoms. The minimum atomic E-state index is -1.04. The predicted molar refractivity (Wildman–Crippen MR) is 72.1 cm³/mol. The number of hydrogen-bond acceptors (Lipinski definition) is 3. The number of amides is 1. The first-order chi connectivity index (χ1) is 9.00. The third kappa shape index (κ3) is 2.33. The van der Waals surface area contributed by atoms with Crippen LogP contribution in [0.2, 0.25) is 0 Å². The topological polar surface area (TPSA) is 92.4 Å². The average molecular weight is 262 g/mol. The summed E-state index contributed by atoms with van der Waals surface area (Å²) in [6, 6.07) is 5.05. The van der Waals surface area contributed by atoms with Crippen molar-refractivity contribution in [3.63, 3.8) is 0 Å². The lowest BCUT2D eigenvalue weighted by molar-refractivity contribution is -0.129. The number of aryl methyl sites for hydroxylation is 1. The molecular weight excluding hydrogens is 244 g/mol. The van der Waals surface area contributed by atoms with E-state index in [1.165, 1.54) is 0 Å². The van der Waals surface area contributed by atoms with E-state index < -0.39 is 11.4 Å². The zero-order chi connectivity index (χ0) is 14.0. The molecule has 2 rings (SSSR count). The number of carboxylic acid groups (broad SMARTS) is 1. The molecular formula is C14H18N2O3. The van der Waals surface area contributed by atoms with Gasteiger partial charge in [0.1, 0.15) is 0 Å². The van der Waals surface area contributed by atoms with Gasteiger partial charge in [-0.05, 0) is 31.4 Å². The van der Waals surface area contributed by atoms with Crippen LogP contribution in [0, 0.1) is 12.3 Å². The van der Waals surface area contributed by atoms with Gasteiger partial charge in [0.05, 0.1) is 16.7 Å². The minimum Gasteiger partial charge on any atom is -0.478 e. The van der Waals surface area contributed by atoms with E-state index in [0.29, 0.717) is 17.8 Å². The van der Waals surface area contributed by atoms with Crippen LogP contribution in [0.15, 0.2) is 18.2 Å². The number of benzene rings is 1. The van der Waals surface area contributed by atoms with E-state index in [-0.39, 0.29) is 11.5 Å². The molecule has 0 bridgehead atoms. The Morgan fingerprint density at radius 3 is 2.58 bits per heavy atom. The maximum atomic E-state index is 12.2. The minimum absolute atomic E-state index is 0.141. The Balaban J connectivity index is 2.27. The number of carboxylic acids is 1. The molecule has 1 saturated carbocycles. The number of hydrogen-bond donors (Lipinski definition) is 3. The van der Waals surface area contributed by atoms with E-state index in [1.54, 1.807) is 25.1 Å². The van der Waals surface area contributed by atoms with Crippen LogP contribution in [-0.4, -0.2) is 23.5 Å². The van der Waals surface area contributed by atoms with Crippen molar-refractivity contribution in [2.45, 2.75) is 26.2 Å². The number of aromatic carboxylic acids is 1. The highest BCUT2D eigenvalue weighted by Crippen LogP contribution is 2.41. The Morgan fingerprint density at radius 1 is 1.42 bits per heavy atom. The molecule has 5 nitrogen and oxygen atoms in total. The largest absolute Gasteiger partial charge is 0.478 e. The molecule has 0 aliphatic heterocycles.